The molecule has 1 aliphatic rings. The molecular weight excluding hydrogens is 391 g/mol. The van der Waals surface area contributed by atoms with Gasteiger partial charge in [0.05, 0.1) is 6.10 Å². The summed E-state index contributed by atoms with van der Waals surface area (Å²) in [7, 11) is 1.72. The molecule has 2 unspecified atom stereocenters. The van der Waals surface area contributed by atoms with E-state index in [1.54, 1.807) is 7.11 Å². The minimum Gasteiger partial charge on any atom is -0.381 e. The zero-order chi connectivity index (χ0) is 13.8. The van der Waals surface area contributed by atoms with Crippen molar-refractivity contribution in [3.8, 4) is 0 Å². The van der Waals surface area contributed by atoms with Crippen molar-refractivity contribution in [3.05, 3.63) is 33.4 Å². The Morgan fingerprint density at radius 2 is 2.30 bits per heavy atom. The summed E-state index contributed by atoms with van der Waals surface area (Å²) in [5, 5.41) is 0. The topological polar surface area (TPSA) is 55.6 Å². The molecule has 4 nitrogen and oxygen atoms in total. The van der Waals surface area contributed by atoms with Gasteiger partial charge in [0.1, 0.15) is 0 Å². The summed E-state index contributed by atoms with van der Waals surface area (Å²) in [5.41, 5.74) is 6.54. The van der Waals surface area contributed by atoms with E-state index in [1.807, 2.05) is 29.2 Å². The third kappa shape index (κ3) is 4.07. The molecular formula is C14H20ClIN2O2. The molecule has 1 saturated heterocycles. The van der Waals surface area contributed by atoms with E-state index in [-0.39, 0.29) is 30.5 Å². The van der Waals surface area contributed by atoms with E-state index >= 15 is 0 Å². The van der Waals surface area contributed by atoms with Crippen LogP contribution < -0.4 is 5.73 Å². The lowest BCUT2D eigenvalue weighted by Crippen LogP contribution is -2.51. The molecule has 1 fully saturated rings. The lowest BCUT2D eigenvalue weighted by molar-refractivity contribution is 0.0139. The molecule has 0 radical (unpaired) electrons. The maximum absolute atomic E-state index is 12.5. The molecule has 0 spiro atoms. The third-order valence-electron chi connectivity index (χ3n) is 3.61. The quantitative estimate of drug-likeness (QED) is 0.778. The normalized spacial score (nSPS) is 22.2. The Morgan fingerprint density at radius 1 is 1.55 bits per heavy atom. The van der Waals surface area contributed by atoms with Gasteiger partial charge in [0.15, 0.2) is 0 Å². The Hall–Kier alpha value is -0.370. The van der Waals surface area contributed by atoms with Crippen molar-refractivity contribution in [1.82, 2.24) is 4.90 Å². The van der Waals surface area contributed by atoms with Gasteiger partial charge < -0.3 is 15.4 Å². The lowest BCUT2D eigenvalue weighted by atomic mass is 9.98. The van der Waals surface area contributed by atoms with Crippen LogP contribution in [0.4, 0.5) is 0 Å². The second kappa shape index (κ2) is 8.17. The standard InChI is InChI=1S/C14H19IN2O2.ClH/c1-19-13-5-6-17(12(8-13)9-16)14(18)10-3-2-4-11(15)7-10;/h2-4,7,12-13H,5-6,8-9,16H2,1H3;1H. The van der Waals surface area contributed by atoms with Crippen LogP contribution in [0.15, 0.2) is 24.3 Å². The summed E-state index contributed by atoms with van der Waals surface area (Å²) < 4.78 is 6.45. The van der Waals surface area contributed by atoms with Crippen molar-refractivity contribution >= 4 is 40.9 Å². The average Bonchev–Trinajstić information content (AvgIpc) is 2.45. The number of piperidine rings is 1. The first-order valence-corrected chi connectivity index (χ1v) is 7.53. The van der Waals surface area contributed by atoms with Crippen LogP contribution in [0, 0.1) is 3.57 Å². The molecule has 0 aliphatic carbocycles. The second-order valence-corrected chi connectivity index (χ2v) is 6.03. The van der Waals surface area contributed by atoms with Crippen LogP contribution in [0.2, 0.25) is 0 Å². The molecule has 20 heavy (non-hydrogen) atoms. The van der Waals surface area contributed by atoms with Crippen LogP contribution in [0.5, 0.6) is 0 Å². The number of nitrogens with two attached hydrogens (primary N) is 1. The highest BCUT2D eigenvalue weighted by Gasteiger charge is 2.31. The van der Waals surface area contributed by atoms with Crippen LogP contribution in [0.3, 0.4) is 0 Å². The van der Waals surface area contributed by atoms with Gasteiger partial charge in [-0.1, -0.05) is 6.07 Å². The van der Waals surface area contributed by atoms with E-state index in [1.165, 1.54) is 0 Å². The summed E-state index contributed by atoms with van der Waals surface area (Å²) in [6, 6.07) is 7.74. The van der Waals surface area contributed by atoms with Crippen molar-refractivity contribution in [2.45, 2.75) is 25.0 Å². The van der Waals surface area contributed by atoms with Crippen LogP contribution in [-0.2, 0) is 4.74 Å². The Kier molecular flexibility index (Phi) is 7.22. The van der Waals surface area contributed by atoms with Crippen molar-refractivity contribution in [2.24, 2.45) is 5.73 Å². The highest BCUT2D eigenvalue weighted by molar-refractivity contribution is 14.1. The third-order valence-corrected chi connectivity index (χ3v) is 4.28. The van der Waals surface area contributed by atoms with E-state index in [9.17, 15) is 4.79 Å². The fourth-order valence-electron chi connectivity index (χ4n) is 2.51. The number of hydrogen-bond acceptors (Lipinski definition) is 3. The Bertz CT molecular complexity index is 459. The largest absolute Gasteiger partial charge is 0.381 e. The van der Waals surface area contributed by atoms with Gasteiger partial charge in [-0.3, -0.25) is 4.79 Å². The Balaban J connectivity index is 0.00000200. The number of ether oxygens (including phenoxy) is 1. The van der Waals surface area contributed by atoms with Gasteiger partial charge in [0, 0.05) is 35.4 Å². The minimum absolute atomic E-state index is 0. The van der Waals surface area contributed by atoms with Gasteiger partial charge in [-0.25, -0.2) is 0 Å². The molecule has 1 heterocycles. The predicted octanol–water partition coefficient (Wildman–Crippen LogP) is 2.29. The lowest BCUT2D eigenvalue weighted by Gasteiger charge is -2.38. The molecule has 0 saturated carbocycles. The summed E-state index contributed by atoms with van der Waals surface area (Å²) in [6.45, 7) is 1.19. The number of methoxy groups -OCH3 is 1. The minimum atomic E-state index is 0. The van der Waals surface area contributed by atoms with Gasteiger partial charge in [0.25, 0.3) is 5.91 Å². The second-order valence-electron chi connectivity index (χ2n) is 4.78. The summed E-state index contributed by atoms with van der Waals surface area (Å²) >= 11 is 2.22. The van der Waals surface area contributed by atoms with Gasteiger partial charge in [-0.15, -0.1) is 12.4 Å². The number of halogens is 2. The molecule has 2 rings (SSSR count). The Labute approximate surface area is 139 Å². The number of carbonyl (C=O) groups excluding carboxylic acids is 1. The molecule has 1 aliphatic heterocycles. The highest BCUT2D eigenvalue weighted by atomic mass is 127. The number of amides is 1. The number of benzene rings is 1. The smallest absolute Gasteiger partial charge is 0.254 e. The van der Waals surface area contributed by atoms with Gasteiger partial charge in [-0.05, 0) is 53.6 Å². The molecule has 1 aromatic carbocycles. The van der Waals surface area contributed by atoms with E-state index in [4.69, 9.17) is 10.5 Å². The van der Waals surface area contributed by atoms with Gasteiger partial charge in [0.2, 0.25) is 0 Å². The monoisotopic (exact) mass is 410 g/mol. The first-order valence-electron chi connectivity index (χ1n) is 6.45. The number of likely N-dealkylation sites (tertiary alicyclic amines) is 1. The molecule has 2 atom stereocenters. The van der Waals surface area contributed by atoms with Crippen molar-refractivity contribution < 1.29 is 9.53 Å². The van der Waals surface area contributed by atoms with Crippen LogP contribution in [-0.4, -0.2) is 43.2 Å². The zero-order valence-corrected chi connectivity index (χ0v) is 14.4. The van der Waals surface area contributed by atoms with E-state index in [0.717, 1.165) is 22.0 Å². The van der Waals surface area contributed by atoms with Gasteiger partial charge >= 0.3 is 0 Å². The number of nitrogens with zero attached hydrogens (tertiary/aromatic N) is 1. The number of hydrogen-bond donors (Lipinski definition) is 1. The maximum atomic E-state index is 12.5. The average molecular weight is 411 g/mol. The van der Waals surface area contributed by atoms with Gasteiger partial charge in [-0.2, -0.15) is 0 Å². The van der Waals surface area contributed by atoms with E-state index in [2.05, 4.69) is 22.6 Å². The molecule has 1 aromatic rings. The fraction of sp³-hybridized carbons (Fsp3) is 0.500. The SMILES string of the molecule is COC1CCN(C(=O)c2cccc(I)c2)C(CN)C1.Cl. The van der Waals surface area contributed by atoms with Crippen LogP contribution in [0.25, 0.3) is 0 Å². The molecule has 1 amide bonds. The highest BCUT2D eigenvalue weighted by Crippen LogP contribution is 2.21. The molecule has 0 aromatic heterocycles. The first-order chi connectivity index (χ1) is 9.15. The zero-order valence-electron chi connectivity index (χ0n) is 11.4. The molecule has 112 valence electrons. The van der Waals surface area contributed by atoms with Crippen LogP contribution >= 0.6 is 35.0 Å². The number of carbonyl (C=O) groups is 1. The van der Waals surface area contributed by atoms with Crippen molar-refractivity contribution in [2.75, 3.05) is 20.2 Å². The summed E-state index contributed by atoms with van der Waals surface area (Å²) in [5.74, 6) is 0.0727. The molecule has 0 bridgehead atoms. The number of rotatable bonds is 3. The van der Waals surface area contributed by atoms with Crippen LogP contribution in [0.1, 0.15) is 23.2 Å². The van der Waals surface area contributed by atoms with Crippen molar-refractivity contribution in [1.29, 1.82) is 0 Å². The Morgan fingerprint density at radius 3 is 2.90 bits per heavy atom. The van der Waals surface area contributed by atoms with Crippen molar-refractivity contribution in [3.63, 3.8) is 0 Å². The fourth-order valence-corrected chi connectivity index (χ4v) is 3.05. The first kappa shape index (κ1) is 17.7. The maximum Gasteiger partial charge on any atom is 0.254 e. The summed E-state index contributed by atoms with van der Waals surface area (Å²) in [4.78, 5) is 14.4. The van der Waals surface area contributed by atoms with E-state index < -0.39 is 0 Å². The summed E-state index contributed by atoms with van der Waals surface area (Å²) in [6.07, 6.45) is 1.92. The molecule has 6 heteroatoms. The predicted molar refractivity (Wildman–Crippen MR) is 90.3 cm³/mol. The molecule has 2 N–H and O–H groups in total. The van der Waals surface area contributed by atoms with E-state index in [0.29, 0.717) is 13.1 Å².